The molecule has 1 aliphatic carbocycles. The summed E-state index contributed by atoms with van der Waals surface area (Å²) in [4.78, 5) is 4.61. The van der Waals surface area contributed by atoms with Gasteiger partial charge in [0.05, 0.1) is 0 Å². The fourth-order valence-corrected chi connectivity index (χ4v) is 11.8. The van der Waals surface area contributed by atoms with Gasteiger partial charge in [-0.05, 0) is 157 Å². The van der Waals surface area contributed by atoms with Crippen LogP contribution in [-0.2, 0) is 5.41 Å². The topological polar surface area (TPSA) is 19.6 Å². The summed E-state index contributed by atoms with van der Waals surface area (Å²) in [6, 6.07) is 87.9. The summed E-state index contributed by atoms with van der Waals surface area (Å²) in [6.07, 6.45) is 0. The largest absolute Gasteiger partial charge is 0.455 e. The summed E-state index contributed by atoms with van der Waals surface area (Å²) in [5.41, 5.74) is 18.4. The molecule has 1 aliphatic rings. The SMILES string of the molecule is CC1(C)c2cc(-c3ccc(N(c4ccccc4)c4ccccc4)cc3)ccc2-c2c1c1cccc3c4c5ccc(-c6ccc(N(c7ccccc7)c7ccccc7)cc6)cc5oc4c4cccc2c4c13. The standard InChI is InChI=1S/C67H46N2O/c1-67(2)59-41-45(43-29-35-51(36-30-43)68(47-17-7-3-8-18-47)48-19-9-4-10-20-48)33-39-53(59)63-55-25-16-28-58-62(55)61-56(26-15-27-57(61)65(63)67)64-54-40-34-46(42-60(54)70-66(58)64)44-31-37-52(38-32-44)69(49-21-11-5-12-22-49)50-23-13-6-14-24-50/h3-42H,1-2H3. The van der Waals surface area contributed by atoms with Crippen LogP contribution in [0.1, 0.15) is 25.0 Å². The second-order valence-corrected chi connectivity index (χ2v) is 19.2. The van der Waals surface area contributed by atoms with Gasteiger partial charge in [-0.25, -0.2) is 0 Å². The Kier molecular flexibility index (Phi) is 8.93. The van der Waals surface area contributed by atoms with Gasteiger partial charge in [-0.2, -0.15) is 0 Å². The average molecular weight is 895 g/mol. The molecule has 70 heavy (non-hydrogen) atoms. The van der Waals surface area contributed by atoms with E-state index in [9.17, 15) is 0 Å². The molecular formula is C67H46N2O. The predicted octanol–water partition coefficient (Wildman–Crippen LogP) is 19.1. The van der Waals surface area contributed by atoms with Crippen LogP contribution < -0.4 is 9.80 Å². The maximum Gasteiger partial charge on any atom is 0.143 e. The smallest absolute Gasteiger partial charge is 0.143 e. The monoisotopic (exact) mass is 894 g/mol. The highest BCUT2D eigenvalue weighted by atomic mass is 16.3. The van der Waals surface area contributed by atoms with Gasteiger partial charge in [0.25, 0.3) is 0 Å². The molecule has 0 fully saturated rings. The van der Waals surface area contributed by atoms with Crippen LogP contribution in [0.5, 0.6) is 0 Å². The molecule has 0 spiro atoms. The van der Waals surface area contributed by atoms with Gasteiger partial charge in [0.15, 0.2) is 0 Å². The molecule has 0 aliphatic heterocycles. The van der Waals surface area contributed by atoms with E-state index in [0.29, 0.717) is 0 Å². The van der Waals surface area contributed by atoms with Crippen molar-refractivity contribution in [2.24, 2.45) is 0 Å². The summed E-state index contributed by atoms with van der Waals surface area (Å²) in [5.74, 6) is 0. The minimum atomic E-state index is -0.247. The fourth-order valence-electron chi connectivity index (χ4n) is 11.8. The van der Waals surface area contributed by atoms with E-state index < -0.39 is 0 Å². The molecule has 0 saturated carbocycles. The van der Waals surface area contributed by atoms with E-state index in [1.54, 1.807) is 0 Å². The van der Waals surface area contributed by atoms with Gasteiger partial charge < -0.3 is 14.2 Å². The second kappa shape index (κ2) is 15.6. The molecule has 14 rings (SSSR count). The van der Waals surface area contributed by atoms with Gasteiger partial charge in [0, 0.05) is 61.1 Å². The Morgan fingerprint density at radius 3 is 1.30 bits per heavy atom. The van der Waals surface area contributed by atoms with E-state index in [0.717, 1.165) is 67.2 Å². The summed E-state index contributed by atoms with van der Waals surface area (Å²) in [7, 11) is 0. The molecule has 0 atom stereocenters. The van der Waals surface area contributed by atoms with E-state index in [2.05, 4.69) is 266 Å². The molecule has 330 valence electrons. The van der Waals surface area contributed by atoms with E-state index in [1.165, 1.54) is 65.7 Å². The zero-order chi connectivity index (χ0) is 46.5. The minimum Gasteiger partial charge on any atom is -0.455 e. The van der Waals surface area contributed by atoms with Crippen molar-refractivity contribution >= 4 is 88.4 Å². The summed E-state index contributed by atoms with van der Waals surface area (Å²) in [5, 5.41) is 9.92. The second-order valence-electron chi connectivity index (χ2n) is 19.2. The third-order valence-corrected chi connectivity index (χ3v) is 14.9. The van der Waals surface area contributed by atoms with Gasteiger partial charge >= 0.3 is 0 Å². The van der Waals surface area contributed by atoms with Gasteiger partial charge in [-0.15, -0.1) is 0 Å². The fraction of sp³-hybridized carbons (Fsp3) is 0.0448. The Morgan fingerprint density at radius 1 is 0.329 bits per heavy atom. The number of hydrogen-bond acceptors (Lipinski definition) is 3. The third-order valence-electron chi connectivity index (χ3n) is 14.9. The van der Waals surface area contributed by atoms with Crippen molar-refractivity contribution in [3.8, 4) is 33.4 Å². The molecule has 0 unspecified atom stereocenters. The van der Waals surface area contributed by atoms with Crippen molar-refractivity contribution in [2.75, 3.05) is 9.80 Å². The predicted molar refractivity (Wildman–Crippen MR) is 295 cm³/mol. The maximum absolute atomic E-state index is 7.07. The Balaban J connectivity index is 0.864. The highest BCUT2D eigenvalue weighted by Crippen LogP contribution is 2.58. The van der Waals surface area contributed by atoms with Crippen LogP contribution in [0.4, 0.5) is 34.1 Å². The first-order valence-corrected chi connectivity index (χ1v) is 24.2. The van der Waals surface area contributed by atoms with Gasteiger partial charge in [0.2, 0.25) is 0 Å². The number of rotatable bonds is 8. The lowest BCUT2D eigenvalue weighted by molar-refractivity contribution is 0.667. The molecular weight excluding hydrogens is 849 g/mol. The lowest BCUT2D eigenvalue weighted by Crippen LogP contribution is -2.16. The number of hydrogen-bond donors (Lipinski definition) is 0. The number of furan rings is 1. The molecule has 0 radical (unpaired) electrons. The molecule has 0 bridgehead atoms. The molecule has 0 amide bonds. The first-order valence-electron chi connectivity index (χ1n) is 24.2. The van der Waals surface area contributed by atoms with E-state index in [4.69, 9.17) is 4.42 Å². The minimum absolute atomic E-state index is 0.247. The number of nitrogens with zero attached hydrogens (tertiary/aromatic N) is 2. The van der Waals surface area contributed by atoms with Crippen LogP contribution in [0.3, 0.4) is 0 Å². The van der Waals surface area contributed by atoms with Gasteiger partial charge in [-0.3, -0.25) is 0 Å². The lowest BCUT2D eigenvalue weighted by Gasteiger charge is -2.26. The van der Waals surface area contributed by atoms with Crippen LogP contribution in [-0.4, -0.2) is 0 Å². The van der Waals surface area contributed by atoms with E-state index >= 15 is 0 Å². The molecule has 1 aromatic heterocycles. The van der Waals surface area contributed by atoms with Crippen molar-refractivity contribution < 1.29 is 4.42 Å². The Labute approximate surface area is 407 Å². The Morgan fingerprint density at radius 2 is 0.757 bits per heavy atom. The van der Waals surface area contributed by atoms with Crippen molar-refractivity contribution in [1.82, 2.24) is 0 Å². The van der Waals surface area contributed by atoms with Crippen LogP contribution in [0.2, 0.25) is 0 Å². The number of benzene rings is 12. The highest BCUT2D eigenvalue weighted by molar-refractivity contribution is 6.39. The van der Waals surface area contributed by atoms with Crippen LogP contribution in [0.15, 0.2) is 247 Å². The van der Waals surface area contributed by atoms with E-state index in [-0.39, 0.29) is 5.41 Å². The van der Waals surface area contributed by atoms with Gasteiger partial charge in [-0.1, -0.05) is 166 Å². The van der Waals surface area contributed by atoms with Gasteiger partial charge in [0.1, 0.15) is 11.2 Å². The van der Waals surface area contributed by atoms with Crippen LogP contribution >= 0.6 is 0 Å². The zero-order valence-electron chi connectivity index (χ0n) is 38.9. The molecule has 12 aromatic carbocycles. The maximum atomic E-state index is 7.07. The van der Waals surface area contributed by atoms with E-state index in [1.807, 2.05) is 0 Å². The summed E-state index contributed by atoms with van der Waals surface area (Å²) >= 11 is 0. The van der Waals surface area contributed by atoms with Crippen LogP contribution in [0, 0.1) is 0 Å². The lowest BCUT2D eigenvalue weighted by atomic mass is 9.77. The van der Waals surface area contributed by atoms with Crippen LogP contribution in [0.25, 0.3) is 87.6 Å². The normalized spacial score (nSPS) is 12.8. The molecule has 3 heteroatoms. The summed E-state index contributed by atoms with van der Waals surface area (Å²) < 4.78 is 7.07. The Bertz CT molecular complexity index is 4030. The number of para-hydroxylation sites is 4. The highest BCUT2D eigenvalue weighted by Gasteiger charge is 2.39. The third kappa shape index (κ3) is 6.08. The summed E-state index contributed by atoms with van der Waals surface area (Å²) in [6.45, 7) is 4.84. The molecule has 3 nitrogen and oxygen atoms in total. The van der Waals surface area contributed by atoms with Crippen molar-refractivity contribution in [3.05, 3.63) is 254 Å². The van der Waals surface area contributed by atoms with Crippen molar-refractivity contribution in [2.45, 2.75) is 19.3 Å². The number of anilines is 6. The Hall–Kier alpha value is -8.92. The zero-order valence-corrected chi connectivity index (χ0v) is 38.9. The molecule has 0 saturated heterocycles. The average Bonchev–Trinajstić information content (AvgIpc) is 3.92. The molecule has 13 aromatic rings. The van der Waals surface area contributed by atoms with Crippen molar-refractivity contribution in [1.29, 1.82) is 0 Å². The number of fused-ring (bicyclic) bond motifs is 10. The van der Waals surface area contributed by atoms with Crippen molar-refractivity contribution in [3.63, 3.8) is 0 Å². The molecule has 1 heterocycles. The first-order chi connectivity index (χ1) is 34.5. The quantitative estimate of drug-likeness (QED) is 0.142. The first kappa shape index (κ1) is 40.2. The molecule has 0 N–H and O–H groups in total.